The molecule has 1 aromatic rings. The molecule has 1 aromatic carbocycles. The zero-order valence-corrected chi connectivity index (χ0v) is 11.8. The Morgan fingerprint density at radius 1 is 1.26 bits per heavy atom. The molecule has 0 aliphatic carbocycles. The minimum atomic E-state index is -3.63. The van der Waals surface area contributed by atoms with Gasteiger partial charge in [0.05, 0.1) is 20.0 Å². The largest absolute Gasteiger partial charge is 0.496 e. The summed E-state index contributed by atoms with van der Waals surface area (Å²) in [6, 6.07) is 4.77. The second-order valence-electron chi connectivity index (χ2n) is 3.85. The molecule has 6 nitrogen and oxygen atoms in total. The first kappa shape index (κ1) is 15.6. The van der Waals surface area contributed by atoms with E-state index in [1.54, 1.807) is 18.2 Å². The average molecular weight is 288 g/mol. The van der Waals surface area contributed by atoms with Gasteiger partial charge in [-0.2, -0.15) is 8.42 Å². The van der Waals surface area contributed by atoms with Gasteiger partial charge in [0.1, 0.15) is 12.4 Å². The Hall–Kier alpha value is -1.44. The number of hydrogen-bond acceptors (Lipinski definition) is 6. The molecule has 0 saturated carbocycles. The molecule has 0 unspecified atom stereocenters. The third-order valence-corrected chi connectivity index (χ3v) is 2.85. The first-order chi connectivity index (χ1) is 8.87. The van der Waals surface area contributed by atoms with Gasteiger partial charge in [-0.1, -0.05) is 0 Å². The molecule has 0 bridgehead atoms. The standard InChI is InChI=1S/C12H16O6S/c1-16-7-10-6-9(4-5-12(10)17-2)11(13)8-18-19(3,14)15/h4-6H,7-8H2,1-3H3. The van der Waals surface area contributed by atoms with E-state index < -0.39 is 22.5 Å². The SMILES string of the molecule is COCc1cc(C(=O)COS(C)(=O)=O)ccc1OC. The molecule has 1 rings (SSSR count). The van der Waals surface area contributed by atoms with E-state index in [0.717, 1.165) is 6.26 Å². The smallest absolute Gasteiger partial charge is 0.264 e. The minimum Gasteiger partial charge on any atom is -0.496 e. The van der Waals surface area contributed by atoms with Crippen molar-refractivity contribution in [1.29, 1.82) is 0 Å². The first-order valence-corrected chi connectivity index (χ1v) is 7.22. The second kappa shape index (κ2) is 6.65. The molecule has 0 N–H and O–H groups in total. The van der Waals surface area contributed by atoms with E-state index in [-0.39, 0.29) is 6.61 Å². The summed E-state index contributed by atoms with van der Waals surface area (Å²) in [6.45, 7) is -0.227. The van der Waals surface area contributed by atoms with Crippen LogP contribution in [-0.2, 0) is 25.6 Å². The molecule has 0 spiro atoms. The number of rotatable bonds is 7. The summed E-state index contributed by atoms with van der Waals surface area (Å²) in [7, 11) is -0.585. The van der Waals surface area contributed by atoms with E-state index >= 15 is 0 Å². The first-order valence-electron chi connectivity index (χ1n) is 5.41. The van der Waals surface area contributed by atoms with Crippen molar-refractivity contribution in [3.8, 4) is 5.75 Å². The Morgan fingerprint density at radius 3 is 2.47 bits per heavy atom. The third kappa shape index (κ3) is 4.98. The average Bonchev–Trinajstić information content (AvgIpc) is 2.35. The van der Waals surface area contributed by atoms with E-state index in [4.69, 9.17) is 9.47 Å². The maximum atomic E-state index is 11.8. The van der Waals surface area contributed by atoms with E-state index in [1.165, 1.54) is 14.2 Å². The molecule has 19 heavy (non-hydrogen) atoms. The van der Waals surface area contributed by atoms with Crippen LogP contribution in [-0.4, -0.2) is 41.3 Å². The van der Waals surface area contributed by atoms with E-state index in [0.29, 0.717) is 16.9 Å². The van der Waals surface area contributed by atoms with Gasteiger partial charge in [0.25, 0.3) is 10.1 Å². The van der Waals surface area contributed by atoms with Gasteiger partial charge in [-0.05, 0) is 18.2 Å². The fraction of sp³-hybridized carbons (Fsp3) is 0.417. The van der Waals surface area contributed by atoms with Crippen LogP contribution in [0.1, 0.15) is 15.9 Å². The van der Waals surface area contributed by atoms with Gasteiger partial charge >= 0.3 is 0 Å². The van der Waals surface area contributed by atoms with Crippen LogP contribution >= 0.6 is 0 Å². The van der Waals surface area contributed by atoms with E-state index in [1.807, 2.05) is 0 Å². The van der Waals surface area contributed by atoms with Crippen molar-refractivity contribution in [2.24, 2.45) is 0 Å². The van der Waals surface area contributed by atoms with Crippen LogP contribution in [0.15, 0.2) is 18.2 Å². The van der Waals surface area contributed by atoms with Crippen LogP contribution in [0.25, 0.3) is 0 Å². The third-order valence-electron chi connectivity index (χ3n) is 2.31. The molecule has 0 fully saturated rings. The van der Waals surface area contributed by atoms with Crippen molar-refractivity contribution >= 4 is 15.9 Å². The quantitative estimate of drug-likeness (QED) is 0.550. The highest BCUT2D eigenvalue weighted by molar-refractivity contribution is 7.86. The van der Waals surface area contributed by atoms with Crippen LogP contribution in [0.4, 0.5) is 0 Å². The lowest BCUT2D eigenvalue weighted by atomic mass is 10.1. The molecule has 0 aliphatic rings. The Kier molecular flexibility index (Phi) is 5.46. The number of methoxy groups -OCH3 is 2. The lowest BCUT2D eigenvalue weighted by Gasteiger charge is -2.09. The molecule has 0 radical (unpaired) electrons. The molecule has 7 heteroatoms. The molecule has 0 amide bonds. The predicted octanol–water partition coefficient (Wildman–Crippen LogP) is 1.00. The maximum Gasteiger partial charge on any atom is 0.264 e. The van der Waals surface area contributed by atoms with Gasteiger partial charge < -0.3 is 9.47 Å². The zero-order chi connectivity index (χ0) is 14.5. The number of carbonyl (C=O) groups excluding carboxylic acids is 1. The maximum absolute atomic E-state index is 11.8. The van der Waals surface area contributed by atoms with Gasteiger partial charge in [0, 0.05) is 18.2 Å². The fourth-order valence-corrected chi connectivity index (χ4v) is 1.79. The number of Topliss-reactive ketones (excluding diaryl/α,β-unsaturated/α-hetero) is 1. The van der Waals surface area contributed by atoms with Crippen LogP contribution in [0.2, 0.25) is 0 Å². The number of carbonyl (C=O) groups is 1. The molecular formula is C12H16O6S. The molecule has 0 saturated heterocycles. The number of ether oxygens (including phenoxy) is 2. The summed E-state index contributed by atoms with van der Waals surface area (Å²) >= 11 is 0. The summed E-state index contributed by atoms with van der Waals surface area (Å²) in [5, 5.41) is 0. The summed E-state index contributed by atoms with van der Waals surface area (Å²) in [5.41, 5.74) is 1.05. The van der Waals surface area contributed by atoms with Gasteiger partial charge in [-0.3, -0.25) is 8.98 Å². The monoisotopic (exact) mass is 288 g/mol. The molecule has 106 valence electrons. The topological polar surface area (TPSA) is 78.9 Å². The highest BCUT2D eigenvalue weighted by Crippen LogP contribution is 2.21. The van der Waals surface area contributed by atoms with Crippen LogP contribution in [0.3, 0.4) is 0 Å². The highest BCUT2D eigenvalue weighted by Gasteiger charge is 2.13. The van der Waals surface area contributed by atoms with E-state index in [2.05, 4.69) is 4.18 Å². The fourth-order valence-electron chi connectivity index (χ4n) is 1.46. The molecule has 0 heterocycles. The lowest BCUT2D eigenvalue weighted by molar-refractivity contribution is 0.0925. The van der Waals surface area contributed by atoms with Crippen LogP contribution in [0, 0.1) is 0 Å². The van der Waals surface area contributed by atoms with Crippen molar-refractivity contribution in [3.63, 3.8) is 0 Å². The Balaban J connectivity index is 2.89. The molecule has 0 aromatic heterocycles. The number of benzene rings is 1. The summed E-state index contributed by atoms with van der Waals surface area (Å²) < 4.78 is 36.2. The second-order valence-corrected chi connectivity index (χ2v) is 5.49. The van der Waals surface area contributed by atoms with Gasteiger partial charge in [0.15, 0.2) is 5.78 Å². The van der Waals surface area contributed by atoms with Crippen LogP contribution < -0.4 is 4.74 Å². The predicted molar refractivity (Wildman–Crippen MR) is 68.8 cm³/mol. The van der Waals surface area contributed by atoms with Gasteiger partial charge in [-0.15, -0.1) is 0 Å². The zero-order valence-electron chi connectivity index (χ0n) is 11.0. The van der Waals surface area contributed by atoms with Gasteiger partial charge in [-0.25, -0.2) is 0 Å². The Labute approximate surface area is 112 Å². The van der Waals surface area contributed by atoms with Crippen LogP contribution in [0.5, 0.6) is 5.75 Å². The molecular weight excluding hydrogens is 272 g/mol. The minimum absolute atomic E-state index is 0.289. The van der Waals surface area contributed by atoms with Crippen molar-refractivity contribution in [2.75, 3.05) is 27.1 Å². The normalized spacial score (nSPS) is 11.3. The van der Waals surface area contributed by atoms with Gasteiger partial charge in [0.2, 0.25) is 0 Å². The van der Waals surface area contributed by atoms with Crippen molar-refractivity contribution in [2.45, 2.75) is 6.61 Å². The van der Waals surface area contributed by atoms with Crippen molar-refractivity contribution < 1.29 is 26.9 Å². The highest BCUT2D eigenvalue weighted by atomic mass is 32.2. The lowest BCUT2D eigenvalue weighted by Crippen LogP contribution is -2.13. The summed E-state index contributed by atoms with van der Waals surface area (Å²) in [5.74, 6) is 0.174. The molecule has 0 atom stereocenters. The Morgan fingerprint density at radius 2 is 1.95 bits per heavy atom. The van der Waals surface area contributed by atoms with Crippen molar-refractivity contribution in [1.82, 2.24) is 0 Å². The van der Waals surface area contributed by atoms with E-state index in [9.17, 15) is 13.2 Å². The number of ketones is 1. The summed E-state index contributed by atoms with van der Waals surface area (Å²) in [6.07, 6.45) is 0.894. The number of hydrogen-bond donors (Lipinski definition) is 0. The Bertz CT molecular complexity index is 549. The summed E-state index contributed by atoms with van der Waals surface area (Å²) in [4.78, 5) is 11.8. The van der Waals surface area contributed by atoms with Crippen molar-refractivity contribution in [3.05, 3.63) is 29.3 Å². The molecule has 0 aliphatic heterocycles.